The standard InChI is InChI=1S/C58H41N/c1-57(2)49-35-33-40(36-48(49)56-43(26-17-30-53(56)57)39-20-7-4-8-21-39)59(55-31-16-12-22-42(55)38-18-5-3-6-19-38)41-32-34-47-46-25-11-15-29-52(46)58(54(47)37-41)50-27-13-9-23-44(50)45-24-10-14-28-51(45)58/h3-37H,1-2H3. The summed E-state index contributed by atoms with van der Waals surface area (Å²) in [6, 6.07) is 79.2. The molecule has 0 saturated heterocycles. The van der Waals surface area contributed by atoms with Crippen molar-refractivity contribution < 1.29 is 0 Å². The van der Waals surface area contributed by atoms with Gasteiger partial charge in [-0.3, -0.25) is 0 Å². The lowest BCUT2D eigenvalue weighted by Gasteiger charge is -2.33. The van der Waals surface area contributed by atoms with Crippen LogP contribution in [0.2, 0.25) is 0 Å². The fourth-order valence-electron chi connectivity index (χ4n) is 11.0. The summed E-state index contributed by atoms with van der Waals surface area (Å²) in [6.07, 6.45) is 0. The largest absolute Gasteiger partial charge is 0.310 e. The number of nitrogens with zero attached hydrogens (tertiary/aromatic N) is 1. The molecule has 3 aliphatic rings. The number of para-hydroxylation sites is 1. The van der Waals surface area contributed by atoms with Crippen LogP contribution in [0.25, 0.3) is 55.6 Å². The summed E-state index contributed by atoms with van der Waals surface area (Å²) in [7, 11) is 0. The summed E-state index contributed by atoms with van der Waals surface area (Å²) in [4.78, 5) is 2.52. The minimum Gasteiger partial charge on any atom is -0.310 e. The SMILES string of the molecule is CC1(C)c2ccc(N(c3ccc4c(c3)C3(c5ccccc5-c5ccccc53)c3ccccc3-4)c3ccccc3-c3ccccc3)cc2-c2c(-c3ccccc3)cccc21. The van der Waals surface area contributed by atoms with Crippen molar-refractivity contribution in [1.29, 1.82) is 0 Å². The van der Waals surface area contributed by atoms with Crippen LogP contribution in [0.4, 0.5) is 17.1 Å². The van der Waals surface area contributed by atoms with E-state index in [0.717, 1.165) is 17.1 Å². The zero-order valence-corrected chi connectivity index (χ0v) is 33.2. The summed E-state index contributed by atoms with van der Waals surface area (Å²) < 4.78 is 0. The molecule has 9 aromatic rings. The molecule has 0 aliphatic heterocycles. The van der Waals surface area contributed by atoms with Crippen molar-refractivity contribution in [1.82, 2.24) is 0 Å². The summed E-state index contributed by atoms with van der Waals surface area (Å²) in [5, 5.41) is 0. The van der Waals surface area contributed by atoms with Gasteiger partial charge in [-0.05, 0) is 114 Å². The average molecular weight is 752 g/mol. The summed E-state index contributed by atoms with van der Waals surface area (Å²) >= 11 is 0. The summed E-state index contributed by atoms with van der Waals surface area (Å²) in [5.41, 5.74) is 23.7. The van der Waals surface area contributed by atoms with Crippen LogP contribution in [-0.2, 0) is 10.8 Å². The first-order valence-electron chi connectivity index (χ1n) is 20.8. The average Bonchev–Trinajstić information content (AvgIpc) is 3.85. The molecule has 9 aromatic carbocycles. The zero-order valence-electron chi connectivity index (χ0n) is 33.2. The lowest BCUT2D eigenvalue weighted by Crippen LogP contribution is -2.26. The quantitative estimate of drug-likeness (QED) is 0.169. The van der Waals surface area contributed by atoms with Gasteiger partial charge in [-0.2, -0.15) is 0 Å². The van der Waals surface area contributed by atoms with Crippen LogP contribution >= 0.6 is 0 Å². The molecule has 1 nitrogen and oxygen atoms in total. The molecule has 0 amide bonds. The maximum atomic E-state index is 2.52. The van der Waals surface area contributed by atoms with Crippen LogP contribution in [-0.4, -0.2) is 0 Å². The van der Waals surface area contributed by atoms with E-state index in [4.69, 9.17) is 0 Å². The highest BCUT2D eigenvalue weighted by Crippen LogP contribution is 2.63. The van der Waals surface area contributed by atoms with Crippen molar-refractivity contribution in [3.05, 3.63) is 246 Å². The fraction of sp³-hybridized carbons (Fsp3) is 0.0690. The molecule has 0 aromatic heterocycles. The van der Waals surface area contributed by atoms with Gasteiger partial charge in [-0.25, -0.2) is 0 Å². The van der Waals surface area contributed by atoms with Gasteiger partial charge in [0.1, 0.15) is 0 Å². The van der Waals surface area contributed by atoms with Crippen LogP contribution in [0.5, 0.6) is 0 Å². The van der Waals surface area contributed by atoms with E-state index in [1.165, 1.54) is 89.0 Å². The third kappa shape index (κ3) is 4.67. The van der Waals surface area contributed by atoms with Gasteiger partial charge in [0.25, 0.3) is 0 Å². The van der Waals surface area contributed by atoms with Gasteiger partial charge >= 0.3 is 0 Å². The number of fused-ring (bicyclic) bond motifs is 13. The van der Waals surface area contributed by atoms with Gasteiger partial charge in [-0.15, -0.1) is 0 Å². The Morgan fingerprint density at radius 3 is 1.39 bits per heavy atom. The van der Waals surface area contributed by atoms with Gasteiger partial charge in [0.15, 0.2) is 0 Å². The highest BCUT2D eigenvalue weighted by atomic mass is 15.1. The van der Waals surface area contributed by atoms with E-state index in [1.54, 1.807) is 0 Å². The Bertz CT molecular complexity index is 3070. The molecule has 0 atom stereocenters. The Balaban J connectivity index is 1.14. The number of hydrogen-bond donors (Lipinski definition) is 0. The maximum Gasteiger partial charge on any atom is 0.0726 e. The third-order valence-corrected chi connectivity index (χ3v) is 13.5. The van der Waals surface area contributed by atoms with Gasteiger partial charge in [0, 0.05) is 22.4 Å². The molecular formula is C58H41N. The minimum atomic E-state index is -0.439. The van der Waals surface area contributed by atoms with Gasteiger partial charge < -0.3 is 4.90 Å². The van der Waals surface area contributed by atoms with Crippen molar-refractivity contribution in [2.45, 2.75) is 24.7 Å². The van der Waals surface area contributed by atoms with Gasteiger partial charge in [0.2, 0.25) is 0 Å². The molecule has 12 rings (SSSR count). The van der Waals surface area contributed by atoms with Crippen LogP contribution in [0.3, 0.4) is 0 Å². The van der Waals surface area contributed by atoms with Crippen LogP contribution < -0.4 is 4.90 Å². The van der Waals surface area contributed by atoms with E-state index >= 15 is 0 Å². The Morgan fingerprint density at radius 1 is 0.305 bits per heavy atom. The second kappa shape index (κ2) is 12.6. The molecule has 0 N–H and O–H groups in total. The third-order valence-electron chi connectivity index (χ3n) is 13.5. The first-order chi connectivity index (χ1) is 29.0. The second-order valence-electron chi connectivity index (χ2n) is 16.8. The number of rotatable bonds is 5. The van der Waals surface area contributed by atoms with Crippen LogP contribution in [0, 0.1) is 0 Å². The zero-order chi connectivity index (χ0) is 39.3. The molecule has 0 saturated carbocycles. The molecule has 0 heterocycles. The van der Waals surface area contributed by atoms with Crippen molar-refractivity contribution >= 4 is 17.1 Å². The first-order valence-corrected chi connectivity index (χ1v) is 20.8. The van der Waals surface area contributed by atoms with E-state index in [9.17, 15) is 0 Å². The summed E-state index contributed by atoms with van der Waals surface area (Å²) in [6.45, 7) is 4.76. The normalized spacial score (nSPS) is 14.2. The number of benzene rings is 9. The molecule has 59 heavy (non-hydrogen) atoms. The first kappa shape index (κ1) is 33.9. The van der Waals surface area contributed by atoms with E-state index in [0.29, 0.717) is 0 Å². The number of hydrogen-bond acceptors (Lipinski definition) is 1. The van der Waals surface area contributed by atoms with Gasteiger partial charge in [-0.1, -0.05) is 196 Å². The van der Waals surface area contributed by atoms with E-state index < -0.39 is 5.41 Å². The highest BCUT2D eigenvalue weighted by Gasteiger charge is 2.51. The van der Waals surface area contributed by atoms with E-state index in [-0.39, 0.29) is 5.41 Å². The lowest BCUT2D eigenvalue weighted by atomic mass is 9.70. The Hall–Kier alpha value is -7.22. The second-order valence-corrected chi connectivity index (χ2v) is 16.8. The van der Waals surface area contributed by atoms with Crippen molar-refractivity contribution in [2.75, 3.05) is 4.90 Å². The van der Waals surface area contributed by atoms with Crippen LogP contribution in [0.15, 0.2) is 212 Å². The highest BCUT2D eigenvalue weighted by molar-refractivity contribution is 5.99. The van der Waals surface area contributed by atoms with Crippen molar-refractivity contribution in [3.8, 4) is 55.6 Å². The molecule has 3 aliphatic carbocycles. The lowest BCUT2D eigenvalue weighted by molar-refractivity contribution is 0.660. The summed E-state index contributed by atoms with van der Waals surface area (Å²) in [5.74, 6) is 0. The van der Waals surface area contributed by atoms with E-state index in [1.807, 2.05) is 0 Å². The van der Waals surface area contributed by atoms with Crippen LogP contribution in [0.1, 0.15) is 47.2 Å². The fourth-order valence-corrected chi connectivity index (χ4v) is 11.0. The molecule has 0 radical (unpaired) electrons. The molecule has 278 valence electrons. The monoisotopic (exact) mass is 751 g/mol. The van der Waals surface area contributed by atoms with Gasteiger partial charge in [0.05, 0.1) is 11.1 Å². The maximum absolute atomic E-state index is 2.52. The van der Waals surface area contributed by atoms with Crippen molar-refractivity contribution in [3.63, 3.8) is 0 Å². The molecule has 0 fully saturated rings. The Morgan fingerprint density at radius 2 is 0.763 bits per heavy atom. The molecule has 0 unspecified atom stereocenters. The predicted molar refractivity (Wildman–Crippen MR) is 246 cm³/mol. The smallest absolute Gasteiger partial charge is 0.0726 e. The number of anilines is 3. The van der Waals surface area contributed by atoms with Crippen molar-refractivity contribution in [2.24, 2.45) is 0 Å². The Kier molecular flexibility index (Phi) is 7.26. The molecule has 0 bridgehead atoms. The molecular weight excluding hydrogens is 711 g/mol. The molecule has 1 spiro atoms. The minimum absolute atomic E-state index is 0.143. The molecule has 1 heteroatoms. The topological polar surface area (TPSA) is 3.24 Å². The Labute approximate surface area is 346 Å². The van der Waals surface area contributed by atoms with E-state index in [2.05, 4.69) is 231 Å². The predicted octanol–water partition coefficient (Wildman–Crippen LogP) is 15.1.